The van der Waals surface area contributed by atoms with E-state index in [2.05, 4.69) is 10.1 Å². The summed E-state index contributed by atoms with van der Waals surface area (Å²) in [6, 6.07) is 4.68. The summed E-state index contributed by atoms with van der Waals surface area (Å²) >= 11 is 0. The molecule has 2 aliphatic rings. The molecule has 20 heavy (non-hydrogen) atoms. The second kappa shape index (κ2) is 5.17. The molecule has 2 fully saturated rings. The zero-order valence-corrected chi connectivity index (χ0v) is 11.7. The van der Waals surface area contributed by atoms with Crippen molar-refractivity contribution in [2.45, 2.75) is 32.2 Å². The maximum Gasteiger partial charge on any atom is 0.340 e. The van der Waals surface area contributed by atoms with Crippen LogP contribution in [0.5, 0.6) is 0 Å². The van der Waals surface area contributed by atoms with Crippen LogP contribution in [-0.2, 0) is 11.3 Å². The fourth-order valence-electron chi connectivity index (χ4n) is 2.99. The van der Waals surface area contributed by atoms with Gasteiger partial charge in [-0.3, -0.25) is 0 Å². The first-order chi connectivity index (χ1) is 9.64. The summed E-state index contributed by atoms with van der Waals surface area (Å²) in [6.07, 6.45) is 5.43. The standard InChI is InChI=1S/C16H20FNO2/c1-20-15(19)13-5-2-11(8-14(13)17)9-18-10-16(6-7-16)12-3-4-12/h2,5,8,12,18H,3-4,6-7,9-10H2,1H3. The zero-order chi connectivity index (χ0) is 14.2. The topological polar surface area (TPSA) is 38.3 Å². The summed E-state index contributed by atoms with van der Waals surface area (Å²) in [4.78, 5) is 11.3. The molecule has 1 aromatic rings. The largest absolute Gasteiger partial charge is 0.465 e. The summed E-state index contributed by atoms with van der Waals surface area (Å²) in [7, 11) is 1.25. The summed E-state index contributed by atoms with van der Waals surface area (Å²) in [5.74, 6) is -0.222. The highest BCUT2D eigenvalue weighted by Gasteiger charge is 2.53. The monoisotopic (exact) mass is 277 g/mol. The lowest BCUT2D eigenvalue weighted by molar-refractivity contribution is 0.0595. The first-order valence-corrected chi connectivity index (χ1v) is 7.22. The zero-order valence-electron chi connectivity index (χ0n) is 11.7. The minimum absolute atomic E-state index is 0.00658. The SMILES string of the molecule is COC(=O)c1ccc(CNCC2(C3CC3)CC2)cc1F. The van der Waals surface area contributed by atoms with Gasteiger partial charge < -0.3 is 10.1 Å². The smallest absolute Gasteiger partial charge is 0.340 e. The van der Waals surface area contributed by atoms with Crippen molar-refractivity contribution in [1.82, 2.24) is 5.32 Å². The van der Waals surface area contributed by atoms with E-state index in [0.29, 0.717) is 12.0 Å². The molecule has 0 amide bonds. The molecule has 108 valence electrons. The molecule has 3 rings (SSSR count). The van der Waals surface area contributed by atoms with Gasteiger partial charge in [-0.15, -0.1) is 0 Å². The molecule has 2 aliphatic carbocycles. The van der Waals surface area contributed by atoms with Crippen molar-refractivity contribution < 1.29 is 13.9 Å². The number of benzene rings is 1. The molecule has 4 heteroatoms. The Hall–Kier alpha value is -1.42. The van der Waals surface area contributed by atoms with E-state index < -0.39 is 11.8 Å². The Balaban J connectivity index is 1.55. The van der Waals surface area contributed by atoms with Gasteiger partial charge in [0.25, 0.3) is 0 Å². The van der Waals surface area contributed by atoms with Gasteiger partial charge in [0, 0.05) is 13.1 Å². The Morgan fingerprint density at radius 2 is 2.20 bits per heavy atom. The van der Waals surface area contributed by atoms with Gasteiger partial charge in [-0.05, 0) is 54.7 Å². The minimum Gasteiger partial charge on any atom is -0.465 e. The molecule has 1 N–H and O–H groups in total. The van der Waals surface area contributed by atoms with Crippen molar-refractivity contribution in [2.75, 3.05) is 13.7 Å². The van der Waals surface area contributed by atoms with Gasteiger partial charge in [-0.2, -0.15) is 0 Å². The van der Waals surface area contributed by atoms with E-state index in [4.69, 9.17) is 0 Å². The normalized spacial score (nSPS) is 19.7. The second-order valence-electron chi connectivity index (χ2n) is 6.05. The number of hydrogen-bond acceptors (Lipinski definition) is 3. The molecule has 3 nitrogen and oxygen atoms in total. The minimum atomic E-state index is -0.632. The molecule has 0 saturated heterocycles. The third-order valence-corrected chi connectivity index (χ3v) is 4.58. The first kappa shape index (κ1) is 13.6. The van der Waals surface area contributed by atoms with Crippen molar-refractivity contribution in [2.24, 2.45) is 11.3 Å². The average Bonchev–Trinajstić information content (AvgIpc) is 3.30. The van der Waals surface area contributed by atoms with Crippen LogP contribution in [0.15, 0.2) is 18.2 Å². The summed E-state index contributed by atoms with van der Waals surface area (Å²) in [5.41, 5.74) is 1.40. The lowest BCUT2D eigenvalue weighted by Gasteiger charge is -2.15. The van der Waals surface area contributed by atoms with Gasteiger partial charge in [0.1, 0.15) is 5.82 Å². The molecule has 0 bridgehead atoms. The number of hydrogen-bond donors (Lipinski definition) is 1. The van der Waals surface area contributed by atoms with E-state index in [-0.39, 0.29) is 5.56 Å². The third kappa shape index (κ3) is 2.70. The molecule has 1 aromatic carbocycles. The predicted molar refractivity (Wildman–Crippen MR) is 73.8 cm³/mol. The number of esters is 1. The Bertz CT molecular complexity index is 521. The van der Waals surface area contributed by atoms with Gasteiger partial charge in [-0.25, -0.2) is 9.18 Å². The molecule has 0 heterocycles. The van der Waals surface area contributed by atoms with Crippen LogP contribution >= 0.6 is 0 Å². The maximum atomic E-state index is 13.8. The van der Waals surface area contributed by atoms with Crippen LogP contribution in [0, 0.1) is 17.2 Å². The molecule has 0 aromatic heterocycles. The van der Waals surface area contributed by atoms with Crippen LogP contribution < -0.4 is 5.32 Å². The number of nitrogens with one attached hydrogen (secondary N) is 1. The molecule has 0 radical (unpaired) electrons. The lowest BCUT2D eigenvalue weighted by Crippen LogP contribution is -2.25. The number of methoxy groups -OCH3 is 1. The van der Waals surface area contributed by atoms with Crippen molar-refractivity contribution in [1.29, 1.82) is 0 Å². The average molecular weight is 277 g/mol. The molecule has 0 spiro atoms. The van der Waals surface area contributed by atoms with Gasteiger partial charge >= 0.3 is 5.97 Å². The first-order valence-electron chi connectivity index (χ1n) is 7.22. The maximum absolute atomic E-state index is 13.8. The van der Waals surface area contributed by atoms with E-state index in [1.54, 1.807) is 6.07 Å². The van der Waals surface area contributed by atoms with Crippen LogP contribution in [0.1, 0.15) is 41.6 Å². The molecular formula is C16H20FNO2. The Kier molecular flexibility index (Phi) is 3.50. The van der Waals surface area contributed by atoms with Crippen molar-refractivity contribution in [3.63, 3.8) is 0 Å². The summed E-state index contributed by atoms with van der Waals surface area (Å²) in [5, 5.41) is 3.43. The molecule has 0 atom stereocenters. The molecule has 2 saturated carbocycles. The highest BCUT2D eigenvalue weighted by atomic mass is 19.1. The van der Waals surface area contributed by atoms with Gasteiger partial charge in [-0.1, -0.05) is 6.07 Å². The second-order valence-corrected chi connectivity index (χ2v) is 6.05. The van der Waals surface area contributed by atoms with E-state index in [1.807, 2.05) is 0 Å². The number of carbonyl (C=O) groups excluding carboxylic acids is 1. The van der Waals surface area contributed by atoms with E-state index in [1.165, 1.54) is 44.9 Å². The van der Waals surface area contributed by atoms with Crippen molar-refractivity contribution in [3.05, 3.63) is 35.1 Å². The van der Waals surface area contributed by atoms with E-state index in [0.717, 1.165) is 18.0 Å². The predicted octanol–water partition coefficient (Wildman–Crippen LogP) is 2.89. The van der Waals surface area contributed by atoms with Crippen molar-refractivity contribution >= 4 is 5.97 Å². The molecular weight excluding hydrogens is 257 g/mol. The van der Waals surface area contributed by atoms with Crippen LogP contribution in [0.4, 0.5) is 4.39 Å². The highest BCUT2D eigenvalue weighted by molar-refractivity contribution is 5.89. The number of ether oxygens (including phenoxy) is 1. The van der Waals surface area contributed by atoms with Gasteiger partial charge in [0.15, 0.2) is 0 Å². The van der Waals surface area contributed by atoms with Crippen molar-refractivity contribution in [3.8, 4) is 0 Å². The molecule has 0 unspecified atom stereocenters. The Morgan fingerprint density at radius 1 is 1.45 bits per heavy atom. The van der Waals surface area contributed by atoms with E-state index in [9.17, 15) is 9.18 Å². The highest BCUT2D eigenvalue weighted by Crippen LogP contribution is 2.60. The van der Waals surface area contributed by atoms with Gasteiger partial charge in [0.05, 0.1) is 12.7 Å². The number of halogens is 1. The van der Waals surface area contributed by atoms with E-state index >= 15 is 0 Å². The Morgan fingerprint density at radius 3 is 2.75 bits per heavy atom. The molecule has 0 aliphatic heterocycles. The summed E-state index contributed by atoms with van der Waals surface area (Å²) in [6.45, 7) is 1.67. The quantitative estimate of drug-likeness (QED) is 0.813. The van der Waals surface area contributed by atoms with Gasteiger partial charge in [0.2, 0.25) is 0 Å². The Labute approximate surface area is 118 Å². The van der Waals surface area contributed by atoms with Crippen LogP contribution in [-0.4, -0.2) is 19.6 Å². The van der Waals surface area contributed by atoms with Crippen LogP contribution in [0.2, 0.25) is 0 Å². The summed E-state index contributed by atoms with van der Waals surface area (Å²) < 4.78 is 18.3. The third-order valence-electron chi connectivity index (χ3n) is 4.58. The fraction of sp³-hybridized carbons (Fsp3) is 0.562. The lowest BCUT2D eigenvalue weighted by atomic mass is 10.0. The number of rotatable bonds is 6. The van der Waals surface area contributed by atoms with Crippen LogP contribution in [0.25, 0.3) is 0 Å². The number of carbonyl (C=O) groups is 1. The fourth-order valence-corrected chi connectivity index (χ4v) is 2.99. The van der Waals surface area contributed by atoms with Crippen LogP contribution in [0.3, 0.4) is 0 Å².